The van der Waals surface area contributed by atoms with Crippen LogP contribution in [0.4, 0.5) is 0 Å². The highest BCUT2D eigenvalue weighted by Gasteiger charge is 2.59. The van der Waals surface area contributed by atoms with Gasteiger partial charge in [-0.25, -0.2) is 0 Å². The van der Waals surface area contributed by atoms with Crippen LogP contribution >= 0.6 is 15.9 Å². The Morgan fingerprint density at radius 3 is 2.05 bits per heavy atom. The van der Waals surface area contributed by atoms with E-state index >= 15 is 0 Å². The lowest BCUT2D eigenvalue weighted by molar-refractivity contribution is -0.0285. The Morgan fingerprint density at radius 2 is 1.54 bits per heavy atom. The second-order valence-electron chi connectivity index (χ2n) is 11.4. The first-order valence-corrected chi connectivity index (χ1v) is 15.8. The minimum absolute atomic E-state index is 0.154. The number of nitriles is 1. The van der Waals surface area contributed by atoms with E-state index in [0.29, 0.717) is 19.1 Å². The molecule has 2 unspecified atom stereocenters. The van der Waals surface area contributed by atoms with E-state index in [0.717, 1.165) is 24.0 Å². The molecule has 4 nitrogen and oxygen atoms in total. The van der Waals surface area contributed by atoms with Gasteiger partial charge in [0.2, 0.25) is 0 Å². The van der Waals surface area contributed by atoms with Crippen LogP contribution in [0.15, 0.2) is 89.4 Å². The van der Waals surface area contributed by atoms with E-state index in [1.165, 1.54) is 15.9 Å². The molecule has 0 spiro atoms. The lowest BCUT2D eigenvalue weighted by Crippen LogP contribution is -2.72. The number of ether oxygens (including phenoxy) is 1. The minimum Gasteiger partial charge on any atom is -0.399 e. The summed E-state index contributed by atoms with van der Waals surface area (Å²) < 4.78 is 14.6. The van der Waals surface area contributed by atoms with Crippen LogP contribution < -0.4 is 10.4 Å². The fourth-order valence-electron chi connectivity index (χ4n) is 6.04. The molecule has 2 aliphatic heterocycles. The zero-order valence-corrected chi connectivity index (χ0v) is 24.4. The molecule has 2 saturated heterocycles. The number of hydrogen-bond donors (Lipinski definition) is 0. The van der Waals surface area contributed by atoms with Crippen molar-refractivity contribution < 1.29 is 9.16 Å². The van der Waals surface area contributed by atoms with Crippen LogP contribution in [0.3, 0.4) is 0 Å². The summed E-state index contributed by atoms with van der Waals surface area (Å²) in [6.45, 7) is 9.42. The van der Waals surface area contributed by atoms with Gasteiger partial charge in [-0.1, -0.05) is 109 Å². The van der Waals surface area contributed by atoms with E-state index < -0.39 is 13.9 Å². The molecule has 0 amide bonds. The molecule has 0 N–H and O–H groups in total. The molecule has 6 heteroatoms. The maximum Gasteiger partial charge on any atom is 0.261 e. The summed E-state index contributed by atoms with van der Waals surface area (Å²) in [4.78, 5) is 2.31. The van der Waals surface area contributed by atoms with Crippen molar-refractivity contribution in [3.63, 3.8) is 0 Å². The smallest absolute Gasteiger partial charge is 0.261 e. The van der Waals surface area contributed by atoms with Gasteiger partial charge in [0.1, 0.15) is 6.10 Å². The largest absolute Gasteiger partial charge is 0.399 e. The first-order valence-electron chi connectivity index (χ1n) is 13.1. The summed E-state index contributed by atoms with van der Waals surface area (Å²) >= 11 is 3.52. The molecule has 2 atom stereocenters. The Labute approximate surface area is 230 Å². The third-order valence-corrected chi connectivity index (χ3v) is 13.6. The van der Waals surface area contributed by atoms with Crippen molar-refractivity contribution in [1.29, 1.82) is 5.26 Å². The Morgan fingerprint density at radius 1 is 0.973 bits per heavy atom. The van der Waals surface area contributed by atoms with Gasteiger partial charge in [-0.3, -0.25) is 4.90 Å². The number of hydrogen-bond acceptors (Lipinski definition) is 4. The summed E-state index contributed by atoms with van der Waals surface area (Å²) in [5.74, 6) is 0.528. The van der Waals surface area contributed by atoms with Gasteiger partial charge < -0.3 is 9.16 Å². The molecule has 5 rings (SSSR count). The van der Waals surface area contributed by atoms with Gasteiger partial charge in [-0.15, -0.1) is 0 Å². The second kappa shape index (κ2) is 10.5. The quantitative estimate of drug-likeness (QED) is 0.365. The molecule has 0 aliphatic carbocycles. The van der Waals surface area contributed by atoms with Crippen molar-refractivity contribution in [3.05, 3.63) is 95.0 Å². The lowest BCUT2D eigenvalue weighted by atomic mass is 9.84. The Bertz CT molecular complexity index is 1190. The average Bonchev–Trinajstić information content (AvgIpc) is 3.28. The van der Waals surface area contributed by atoms with E-state index in [1.54, 1.807) is 0 Å². The summed E-state index contributed by atoms with van der Waals surface area (Å²) in [5.41, 5.74) is 0.560. The molecule has 37 heavy (non-hydrogen) atoms. The van der Waals surface area contributed by atoms with Crippen LogP contribution in [0.1, 0.15) is 26.3 Å². The van der Waals surface area contributed by atoms with Crippen molar-refractivity contribution in [1.82, 2.24) is 4.90 Å². The maximum absolute atomic E-state index is 10.6. The molecule has 2 aliphatic rings. The predicted molar refractivity (Wildman–Crippen MR) is 155 cm³/mol. The van der Waals surface area contributed by atoms with E-state index in [4.69, 9.17) is 9.16 Å². The highest BCUT2D eigenvalue weighted by molar-refractivity contribution is 9.10. The molecule has 0 saturated carbocycles. The van der Waals surface area contributed by atoms with Gasteiger partial charge in [0.15, 0.2) is 5.54 Å². The first kappa shape index (κ1) is 26.3. The Hall–Kier alpha value is -2.27. The van der Waals surface area contributed by atoms with Crippen LogP contribution in [-0.2, 0) is 15.6 Å². The monoisotopic (exact) mass is 574 g/mol. The molecule has 0 bridgehead atoms. The van der Waals surface area contributed by atoms with Crippen molar-refractivity contribution in [2.45, 2.75) is 43.9 Å². The van der Waals surface area contributed by atoms with Gasteiger partial charge in [0, 0.05) is 17.6 Å². The highest BCUT2D eigenvalue weighted by Crippen LogP contribution is 2.42. The highest BCUT2D eigenvalue weighted by atomic mass is 79.9. The van der Waals surface area contributed by atoms with E-state index in [-0.39, 0.29) is 11.1 Å². The molecule has 0 radical (unpaired) electrons. The number of rotatable bonds is 7. The van der Waals surface area contributed by atoms with Gasteiger partial charge in [0.25, 0.3) is 8.32 Å². The molecule has 3 aromatic carbocycles. The molecule has 192 valence electrons. The minimum atomic E-state index is -2.80. The zero-order valence-electron chi connectivity index (χ0n) is 21.9. The summed E-state index contributed by atoms with van der Waals surface area (Å²) in [6, 6.07) is 32.6. The van der Waals surface area contributed by atoms with Crippen molar-refractivity contribution >= 4 is 34.6 Å². The Kier molecular flexibility index (Phi) is 7.46. The van der Waals surface area contributed by atoms with Crippen molar-refractivity contribution in [3.8, 4) is 6.07 Å². The third-order valence-electron chi connectivity index (χ3n) is 8.01. The van der Waals surface area contributed by atoms with E-state index in [1.807, 2.05) is 0 Å². The zero-order chi connectivity index (χ0) is 26.1. The van der Waals surface area contributed by atoms with Gasteiger partial charge in [0.05, 0.1) is 19.3 Å². The fourth-order valence-corrected chi connectivity index (χ4v) is 11.0. The number of likely N-dealkylation sites (tertiary alicyclic amines) is 1. The molecule has 0 aromatic heterocycles. The Balaban J connectivity index is 1.45. The van der Waals surface area contributed by atoms with Crippen LogP contribution in [-0.4, -0.2) is 51.2 Å². The topological polar surface area (TPSA) is 45.5 Å². The second-order valence-corrected chi connectivity index (χ2v) is 16.6. The average molecular weight is 576 g/mol. The maximum atomic E-state index is 10.6. The molecule has 2 heterocycles. The summed E-state index contributed by atoms with van der Waals surface area (Å²) in [5, 5.41) is 12.9. The van der Waals surface area contributed by atoms with Crippen molar-refractivity contribution in [2.75, 3.05) is 26.3 Å². The molecular formula is C31H35BrN2O2Si. The molecular weight excluding hydrogens is 540 g/mol. The fraction of sp³-hybridized carbons (Fsp3) is 0.387. The van der Waals surface area contributed by atoms with E-state index in [9.17, 15) is 5.26 Å². The van der Waals surface area contributed by atoms with E-state index in [2.05, 4.69) is 133 Å². The summed E-state index contributed by atoms with van der Waals surface area (Å²) in [6.07, 6.45) is 0.698. The molecule has 3 aromatic rings. The number of benzene rings is 3. The van der Waals surface area contributed by atoms with Gasteiger partial charge >= 0.3 is 0 Å². The van der Waals surface area contributed by atoms with Gasteiger partial charge in [-0.05, 0) is 45.4 Å². The standard InChI is InChI=1S/C31H35BrN2O2Si/c1-30(2,3)37(27-10-6-4-7-11-27,28-12-8-5-9-13-28)36-29-21-35-23-31(29,22-33)34-19-25(20-34)18-24-14-16-26(32)17-15-24/h4-17,25,29H,18-21,23H2,1-3H3. The normalized spacial score (nSPS) is 22.9. The van der Waals surface area contributed by atoms with Crippen LogP contribution in [0.25, 0.3) is 0 Å². The SMILES string of the molecule is CC(C)(C)[Si](OC1COCC1(C#N)N1CC(Cc2ccc(Br)cc2)C1)(c1ccccc1)c1ccccc1. The lowest BCUT2D eigenvalue weighted by Gasteiger charge is -2.52. The van der Waals surface area contributed by atoms with Gasteiger partial charge in [-0.2, -0.15) is 5.26 Å². The first-order chi connectivity index (χ1) is 17.8. The number of nitrogens with zero attached hydrogens (tertiary/aromatic N) is 2. The van der Waals surface area contributed by atoms with Crippen LogP contribution in [0, 0.1) is 17.2 Å². The number of halogens is 1. The third kappa shape index (κ3) is 4.84. The van der Waals surface area contributed by atoms with Crippen LogP contribution in [0.5, 0.6) is 0 Å². The predicted octanol–water partition coefficient (Wildman–Crippen LogP) is 5.16. The summed E-state index contributed by atoms with van der Waals surface area (Å²) in [7, 11) is -2.80. The van der Waals surface area contributed by atoms with Crippen molar-refractivity contribution in [2.24, 2.45) is 5.92 Å². The molecule has 2 fully saturated rings. The van der Waals surface area contributed by atoms with Crippen LogP contribution in [0.2, 0.25) is 5.04 Å².